The molecule has 0 aliphatic heterocycles. The first-order valence-electron chi connectivity index (χ1n) is 8.00. The van der Waals surface area contributed by atoms with Gasteiger partial charge in [0.2, 0.25) is 5.91 Å². The van der Waals surface area contributed by atoms with Gasteiger partial charge in [0.25, 0.3) is 0 Å². The molecule has 8 nitrogen and oxygen atoms in total. The molecule has 2 aromatic rings. The monoisotopic (exact) mass is 346 g/mol. The van der Waals surface area contributed by atoms with Crippen molar-refractivity contribution in [3.8, 4) is 5.75 Å². The minimum atomic E-state index is -0.494. The molecule has 134 valence electrons. The van der Waals surface area contributed by atoms with Crippen LogP contribution in [0, 0.1) is 24.0 Å². The third kappa shape index (κ3) is 4.34. The van der Waals surface area contributed by atoms with Gasteiger partial charge in [-0.05, 0) is 43.0 Å². The van der Waals surface area contributed by atoms with Crippen LogP contribution in [0.2, 0.25) is 0 Å². The number of amides is 1. The van der Waals surface area contributed by atoms with Crippen LogP contribution < -0.4 is 5.32 Å². The fourth-order valence-corrected chi connectivity index (χ4v) is 2.54. The van der Waals surface area contributed by atoms with Crippen molar-refractivity contribution in [3.63, 3.8) is 0 Å². The number of hydrogen-bond acceptors (Lipinski definition) is 5. The number of phenolic OH excluding ortho intramolecular Hbond substituents is 1. The van der Waals surface area contributed by atoms with Crippen molar-refractivity contribution in [2.45, 2.75) is 46.6 Å². The van der Waals surface area contributed by atoms with E-state index >= 15 is 0 Å². The first-order valence-corrected chi connectivity index (χ1v) is 8.00. The van der Waals surface area contributed by atoms with E-state index in [0.717, 1.165) is 11.1 Å². The van der Waals surface area contributed by atoms with Crippen LogP contribution in [-0.4, -0.2) is 25.7 Å². The van der Waals surface area contributed by atoms with Crippen molar-refractivity contribution in [1.29, 1.82) is 0 Å². The molecule has 0 spiro atoms. The minimum absolute atomic E-state index is 0.0589. The van der Waals surface area contributed by atoms with Crippen molar-refractivity contribution in [3.05, 3.63) is 45.3 Å². The van der Waals surface area contributed by atoms with Crippen LogP contribution in [-0.2, 0) is 11.3 Å². The number of nitrogens with zero attached hydrogens (tertiary/aromatic N) is 3. The fourth-order valence-electron chi connectivity index (χ4n) is 2.54. The Morgan fingerprint density at radius 1 is 1.40 bits per heavy atom. The second-order valence-electron chi connectivity index (χ2n) is 6.30. The summed E-state index contributed by atoms with van der Waals surface area (Å²) < 4.78 is 1.40. The fraction of sp³-hybridized carbons (Fsp3) is 0.412. The van der Waals surface area contributed by atoms with Crippen LogP contribution in [0.1, 0.15) is 43.0 Å². The largest absolute Gasteiger partial charge is 0.508 e. The lowest BCUT2D eigenvalue weighted by atomic mass is 9.99. The Morgan fingerprint density at radius 2 is 2.08 bits per heavy atom. The molecule has 25 heavy (non-hydrogen) atoms. The normalized spacial score (nSPS) is 10.9. The third-order valence-corrected chi connectivity index (χ3v) is 3.95. The van der Waals surface area contributed by atoms with Crippen LogP contribution in [0.3, 0.4) is 0 Å². The molecule has 0 saturated carbocycles. The number of carbonyl (C=O) groups is 1. The molecular weight excluding hydrogens is 324 g/mol. The molecule has 0 aliphatic carbocycles. The highest BCUT2D eigenvalue weighted by atomic mass is 16.6. The first-order chi connectivity index (χ1) is 11.7. The molecule has 1 amide bonds. The summed E-state index contributed by atoms with van der Waals surface area (Å²) in [5.41, 5.74) is 2.44. The third-order valence-electron chi connectivity index (χ3n) is 3.95. The number of phenols is 1. The number of nitrogens with one attached hydrogen (secondary N) is 1. The summed E-state index contributed by atoms with van der Waals surface area (Å²) in [5.74, 6) is 0.118. The number of benzene rings is 1. The number of aryl methyl sites for hydroxylation is 3. The maximum atomic E-state index is 12.2. The molecule has 1 heterocycles. The summed E-state index contributed by atoms with van der Waals surface area (Å²) in [4.78, 5) is 22.5. The van der Waals surface area contributed by atoms with E-state index < -0.39 is 4.92 Å². The van der Waals surface area contributed by atoms with E-state index in [2.05, 4.69) is 10.4 Å². The number of aromatic nitrogens is 2. The van der Waals surface area contributed by atoms with Crippen molar-refractivity contribution in [2.24, 2.45) is 0 Å². The number of aromatic hydroxyl groups is 1. The zero-order chi connectivity index (χ0) is 18.7. The summed E-state index contributed by atoms with van der Waals surface area (Å²) in [5, 5.41) is 27.6. The number of rotatable bonds is 6. The Labute approximate surface area is 145 Å². The van der Waals surface area contributed by atoms with Crippen LogP contribution >= 0.6 is 0 Å². The molecule has 0 bridgehead atoms. The van der Waals surface area contributed by atoms with Gasteiger partial charge in [0.05, 0.1) is 4.92 Å². The smallest absolute Gasteiger partial charge is 0.309 e. The first kappa shape index (κ1) is 18.4. The van der Waals surface area contributed by atoms with Gasteiger partial charge < -0.3 is 10.4 Å². The quantitative estimate of drug-likeness (QED) is 0.474. The van der Waals surface area contributed by atoms with Crippen molar-refractivity contribution >= 4 is 17.3 Å². The second-order valence-corrected chi connectivity index (χ2v) is 6.30. The number of carbonyl (C=O) groups excluding carboxylic acids is 1. The van der Waals surface area contributed by atoms with Crippen molar-refractivity contribution < 1.29 is 14.8 Å². The highest BCUT2D eigenvalue weighted by Gasteiger charge is 2.16. The van der Waals surface area contributed by atoms with Gasteiger partial charge >= 0.3 is 5.69 Å². The molecule has 0 fully saturated rings. The van der Waals surface area contributed by atoms with Gasteiger partial charge in [-0.2, -0.15) is 5.10 Å². The Bertz CT molecular complexity index is 811. The lowest BCUT2D eigenvalue weighted by molar-refractivity contribution is -0.385. The number of hydrogen-bond donors (Lipinski definition) is 2. The molecule has 2 rings (SSSR count). The summed E-state index contributed by atoms with van der Waals surface area (Å²) in [6, 6.07) is 3.40. The maximum absolute atomic E-state index is 12.2. The van der Waals surface area contributed by atoms with E-state index in [1.54, 1.807) is 26.0 Å². The van der Waals surface area contributed by atoms with Crippen LogP contribution in [0.4, 0.5) is 11.4 Å². The lowest BCUT2D eigenvalue weighted by Gasteiger charge is -2.14. The molecule has 0 aliphatic rings. The van der Waals surface area contributed by atoms with Gasteiger partial charge in [-0.25, -0.2) is 0 Å². The van der Waals surface area contributed by atoms with Gasteiger partial charge in [-0.1, -0.05) is 13.8 Å². The van der Waals surface area contributed by atoms with Crippen LogP contribution in [0.25, 0.3) is 0 Å². The van der Waals surface area contributed by atoms with E-state index in [1.807, 2.05) is 13.8 Å². The number of nitro groups is 1. The van der Waals surface area contributed by atoms with Gasteiger partial charge in [-0.15, -0.1) is 0 Å². The van der Waals surface area contributed by atoms with E-state index in [0.29, 0.717) is 11.4 Å². The summed E-state index contributed by atoms with van der Waals surface area (Å²) in [7, 11) is 0. The topological polar surface area (TPSA) is 110 Å². The zero-order valence-electron chi connectivity index (χ0n) is 14.7. The number of anilines is 1. The molecule has 8 heteroatoms. The van der Waals surface area contributed by atoms with Gasteiger partial charge in [0.15, 0.2) is 0 Å². The molecule has 0 saturated heterocycles. The van der Waals surface area contributed by atoms with E-state index in [4.69, 9.17) is 0 Å². The summed E-state index contributed by atoms with van der Waals surface area (Å²) in [6.07, 6.45) is 1.46. The average molecular weight is 346 g/mol. The molecule has 0 atom stereocenters. The maximum Gasteiger partial charge on any atom is 0.309 e. The van der Waals surface area contributed by atoms with E-state index in [9.17, 15) is 20.0 Å². The summed E-state index contributed by atoms with van der Waals surface area (Å²) in [6.45, 7) is 7.53. The Hall–Kier alpha value is -2.90. The van der Waals surface area contributed by atoms with E-state index in [1.165, 1.54) is 10.9 Å². The van der Waals surface area contributed by atoms with Gasteiger partial charge in [-0.3, -0.25) is 19.6 Å². The van der Waals surface area contributed by atoms with Crippen LogP contribution in [0.15, 0.2) is 18.3 Å². The summed E-state index contributed by atoms with van der Waals surface area (Å²) >= 11 is 0. The van der Waals surface area contributed by atoms with Crippen molar-refractivity contribution in [2.75, 3.05) is 5.32 Å². The Morgan fingerprint density at radius 3 is 2.64 bits per heavy atom. The van der Waals surface area contributed by atoms with Crippen molar-refractivity contribution in [1.82, 2.24) is 9.78 Å². The van der Waals surface area contributed by atoms with Gasteiger partial charge in [0.1, 0.15) is 17.6 Å². The highest BCUT2D eigenvalue weighted by Crippen LogP contribution is 2.31. The molecule has 0 radical (unpaired) electrons. The highest BCUT2D eigenvalue weighted by molar-refractivity contribution is 5.91. The SMILES string of the molecule is Cc1cc(O)c(C(C)C)cc1NC(=O)CCn1cc([N+](=O)[O-])c(C)n1. The zero-order valence-corrected chi connectivity index (χ0v) is 14.7. The Balaban J connectivity index is 2.04. The second kappa shape index (κ2) is 7.33. The predicted molar refractivity (Wildman–Crippen MR) is 93.8 cm³/mol. The Kier molecular flexibility index (Phi) is 5.41. The molecule has 2 N–H and O–H groups in total. The molecule has 0 unspecified atom stereocenters. The standard InChI is InChI=1S/C17H22N4O4/c1-10(2)13-8-14(11(3)7-16(13)22)18-17(23)5-6-20-9-15(21(24)25)12(4)19-20/h7-10,22H,5-6H2,1-4H3,(H,18,23). The minimum Gasteiger partial charge on any atom is -0.508 e. The van der Waals surface area contributed by atoms with Gasteiger partial charge in [0, 0.05) is 18.7 Å². The van der Waals surface area contributed by atoms with E-state index in [-0.39, 0.29) is 36.2 Å². The van der Waals surface area contributed by atoms with Crippen LogP contribution in [0.5, 0.6) is 5.75 Å². The molecular formula is C17H22N4O4. The molecule has 1 aromatic heterocycles. The average Bonchev–Trinajstić information content (AvgIpc) is 2.89. The predicted octanol–water partition coefficient (Wildman–Crippen LogP) is 3.27. The molecule has 1 aromatic carbocycles. The lowest BCUT2D eigenvalue weighted by Crippen LogP contribution is -2.15.